The van der Waals surface area contributed by atoms with Crippen molar-refractivity contribution in [3.05, 3.63) is 65.7 Å². The summed E-state index contributed by atoms with van der Waals surface area (Å²) >= 11 is 0. The molecule has 3 N–H and O–H groups in total. The van der Waals surface area contributed by atoms with E-state index in [0.717, 1.165) is 29.2 Å². The summed E-state index contributed by atoms with van der Waals surface area (Å²) in [6.45, 7) is 0.533. The minimum atomic E-state index is -4.55. The third-order valence-electron chi connectivity index (χ3n) is 5.85. The Bertz CT molecular complexity index is 1120. The van der Waals surface area contributed by atoms with Crippen molar-refractivity contribution in [1.29, 1.82) is 5.41 Å². The maximum absolute atomic E-state index is 14.5. The number of pyridine rings is 1. The second kappa shape index (κ2) is 10.6. The Morgan fingerprint density at radius 2 is 1.89 bits per heavy atom. The number of nitrogens with zero attached hydrogens (tertiary/aromatic N) is 2. The highest BCUT2D eigenvalue weighted by Gasteiger charge is 2.46. The summed E-state index contributed by atoms with van der Waals surface area (Å²) < 4.78 is 80.6. The van der Waals surface area contributed by atoms with Gasteiger partial charge in [0.2, 0.25) is 0 Å². The number of nitrogens with one attached hydrogen (secondary N) is 3. The molecule has 1 aromatic carbocycles. The number of hydrogen-bond donors (Lipinski definition) is 3. The summed E-state index contributed by atoms with van der Waals surface area (Å²) in [5.41, 5.74) is -1.09. The lowest BCUT2D eigenvalue weighted by Crippen LogP contribution is -2.58. The molecule has 0 aliphatic carbocycles. The number of alkyl halides is 5. The Hall–Kier alpha value is -3.57. The molecule has 1 saturated heterocycles. The smallest absolute Gasteiger partial charge is 0.393 e. The predicted molar refractivity (Wildman–Crippen MR) is 123 cm³/mol. The highest BCUT2D eigenvalue weighted by molar-refractivity contribution is 6.54. The van der Waals surface area contributed by atoms with E-state index in [9.17, 15) is 31.1 Å². The van der Waals surface area contributed by atoms with Crippen LogP contribution in [0.3, 0.4) is 0 Å². The topological polar surface area (TPSA) is 81.1 Å². The Kier molecular flexibility index (Phi) is 7.95. The molecule has 2 aromatic rings. The molecule has 1 amide bonds. The summed E-state index contributed by atoms with van der Waals surface area (Å²) in [6, 6.07) is 6.18. The monoisotopic (exact) mass is 513 g/mol. The molecule has 3 rings (SSSR count). The number of amides is 1. The van der Waals surface area contributed by atoms with Crippen LogP contribution in [0.4, 0.5) is 32.2 Å². The summed E-state index contributed by atoms with van der Waals surface area (Å²) in [4.78, 5) is 17.9. The van der Waals surface area contributed by atoms with Crippen LogP contribution in [0.2, 0.25) is 0 Å². The fraction of sp³-hybridized carbons (Fsp3) is 0.375. The van der Waals surface area contributed by atoms with E-state index < -0.39 is 60.0 Å². The largest absolute Gasteiger partial charge is 0.417 e. The van der Waals surface area contributed by atoms with Gasteiger partial charge in [-0.05, 0) is 35.7 Å². The Morgan fingerprint density at radius 3 is 2.44 bits per heavy atom. The molecule has 0 saturated carbocycles. The second-order valence-corrected chi connectivity index (χ2v) is 8.58. The van der Waals surface area contributed by atoms with E-state index in [0.29, 0.717) is 11.8 Å². The number of carbonyl (C=O) groups is 1. The van der Waals surface area contributed by atoms with Crippen LogP contribution < -0.4 is 10.6 Å². The Balaban J connectivity index is 1.84. The lowest BCUT2D eigenvalue weighted by molar-refractivity contribution is -0.145. The first-order valence-corrected chi connectivity index (χ1v) is 11.0. The summed E-state index contributed by atoms with van der Waals surface area (Å²) in [6.07, 6.45) is -3.06. The van der Waals surface area contributed by atoms with Crippen molar-refractivity contribution in [2.75, 3.05) is 25.5 Å². The standard InChI is InChI=1S/C24H25F6N5O/c1-14-9-23(26,27)13-35(19(14)12-34-20-8-5-16(10-33-20)24(28,29)30)22(36)21(31)18(11-32-2)15-3-6-17(25)7-4-15/h3-8,10-11,14,19,31-32H,9,12-13H2,1-2H3,(H,33,34)/b18-11-,31-21?/t14?,19-/m1/s1. The van der Waals surface area contributed by atoms with Crippen molar-refractivity contribution in [3.8, 4) is 0 Å². The molecule has 194 valence electrons. The number of anilines is 1. The average Bonchev–Trinajstić information content (AvgIpc) is 2.80. The van der Waals surface area contributed by atoms with Gasteiger partial charge in [0.05, 0.1) is 18.2 Å². The zero-order valence-electron chi connectivity index (χ0n) is 19.5. The molecular weight excluding hydrogens is 488 g/mol. The maximum atomic E-state index is 14.5. The summed E-state index contributed by atoms with van der Waals surface area (Å²) in [5.74, 6) is -5.29. The zero-order chi connectivity index (χ0) is 26.7. The SMILES string of the molecule is CN/C=C(\C(=N)C(=O)N1CC(F)(F)CC(C)[C@H]1CNc1ccc(C(F)(F)F)cn1)c1ccc(F)cc1. The summed E-state index contributed by atoms with van der Waals surface area (Å²) in [7, 11) is 1.53. The molecule has 0 radical (unpaired) electrons. The van der Waals surface area contributed by atoms with Gasteiger partial charge in [-0.25, -0.2) is 18.2 Å². The van der Waals surface area contributed by atoms with Crippen molar-refractivity contribution in [1.82, 2.24) is 15.2 Å². The Labute approximate surface area is 203 Å². The van der Waals surface area contributed by atoms with Crippen LogP contribution in [0.15, 0.2) is 48.8 Å². The quantitative estimate of drug-likeness (QED) is 0.367. The molecule has 2 atom stereocenters. The summed E-state index contributed by atoms with van der Waals surface area (Å²) in [5, 5.41) is 14.0. The van der Waals surface area contributed by atoms with Gasteiger partial charge in [-0.1, -0.05) is 19.1 Å². The predicted octanol–water partition coefficient (Wildman–Crippen LogP) is 4.80. The van der Waals surface area contributed by atoms with E-state index in [4.69, 9.17) is 5.41 Å². The normalized spacial score (nSPS) is 20.1. The van der Waals surface area contributed by atoms with Crippen LogP contribution in [0.5, 0.6) is 0 Å². The first-order chi connectivity index (χ1) is 16.8. The lowest BCUT2D eigenvalue weighted by Gasteiger charge is -2.43. The number of rotatable bonds is 7. The number of carbonyl (C=O) groups excluding carboxylic acids is 1. The molecule has 1 unspecified atom stereocenters. The number of benzene rings is 1. The number of hydrogen-bond acceptors (Lipinski definition) is 5. The van der Waals surface area contributed by atoms with Crippen LogP contribution in [0.25, 0.3) is 5.57 Å². The van der Waals surface area contributed by atoms with Crippen LogP contribution >= 0.6 is 0 Å². The van der Waals surface area contributed by atoms with Gasteiger partial charge in [-0.15, -0.1) is 0 Å². The number of piperidine rings is 1. The van der Waals surface area contributed by atoms with E-state index >= 15 is 0 Å². The Morgan fingerprint density at radius 1 is 1.22 bits per heavy atom. The molecule has 1 aliphatic rings. The molecule has 0 bridgehead atoms. The second-order valence-electron chi connectivity index (χ2n) is 8.58. The van der Waals surface area contributed by atoms with Crippen molar-refractivity contribution >= 4 is 23.0 Å². The first kappa shape index (κ1) is 27.0. The van der Waals surface area contributed by atoms with Crippen LogP contribution in [-0.2, 0) is 11.0 Å². The molecule has 6 nitrogen and oxygen atoms in total. The number of likely N-dealkylation sites (tertiary alicyclic amines) is 1. The van der Waals surface area contributed by atoms with Crippen molar-refractivity contribution < 1.29 is 31.1 Å². The van der Waals surface area contributed by atoms with Crippen LogP contribution in [-0.4, -0.2) is 53.6 Å². The molecule has 0 spiro atoms. The van der Waals surface area contributed by atoms with Gasteiger partial charge in [-0.2, -0.15) is 13.2 Å². The van der Waals surface area contributed by atoms with Gasteiger partial charge < -0.3 is 15.5 Å². The van der Waals surface area contributed by atoms with Crippen LogP contribution in [0, 0.1) is 17.1 Å². The molecule has 12 heteroatoms. The van der Waals surface area contributed by atoms with E-state index in [1.165, 1.54) is 32.3 Å². The maximum Gasteiger partial charge on any atom is 0.417 e. The van der Waals surface area contributed by atoms with Gasteiger partial charge in [0.1, 0.15) is 17.3 Å². The molecule has 1 aromatic heterocycles. The van der Waals surface area contributed by atoms with Gasteiger partial charge in [0.15, 0.2) is 0 Å². The lowest BCUT2D eigenvalue weighted by atomic mass is 9.87. The highest BCUT2D eigenvalue weighted by Crippen LogP contribution is 2.35. The molecule has 36 heavy (non-hydrogen) atoms. The van der Waals surface area contributed by atoms with E-state index in [1.54, 1.807) is 0 Å². The van der Waals surface area contributed by atoms with Gasteiger partial charge in [-0.3, -0.25) is 10.2 Å². The van der Waals surface area contributed by atoms with Crippen molar-refractivity contribution in [2.45, 2.75) is 31.5 Å². The number of halogens is 6. The third-order valence-corrected chi connectivity index (χ3v) is 5.85. The van der Waals surface area contributed by atoms with Crippen molar-refractivity contribution in [2.24, 2.45) is 5.92 Å². The molecule has 2 heterocycles. The van der Waals surface area contributed by atoms with Crippen molar-refractivity contribution in [3.63, 3.8) is 0 Å². The van der Waals surface area contributed by atoms with Gasteiger partial charge in [0.25, 0.3) is 11.8 Å². The molecular formula is C24H25F6N5O. The first-order valence-electron chi connectivity index (χ1n) is 11.0. The van der Waals surface area contributed by atoms with Gasteiger partial charge in [0, 0.05) is 38.0 Å². The molecule has 1 aliphatic heterocycles. The minimum absolute atomic E-state index is 0.0732. The third kappa shape index (κ3) is 6.35. The average molecular weight is 513 g/mol. The zero-order valence-corrected chi connectivity index (χ0v) is 19.5. The van der Waals surface area contributed by atoms with Gasteiger partial charge >= 0.3 is 6.18 Å². The fourth-order valence-electron chi connectivity index (χ4n) is 4.09. The van der Waals surface area contributed by atoms with E-state index in [2.05, 4.69) is 15.6 Å². The van der Waals surface area contributed by atoms with E-state index in [-0.39, 0.29) is 17.9 Å². The van der Waals surface area contributed by atoms with Crippen LogP contribution in [0.1, 0.15) is 24.5 Å². The highest BCUT2D eigenvalue weighted by atomic mass is 19.4. The fourth-order valence-corrected chi connectivity index (χ4v) is 4.09. The minimum Gasteiger partial charge on any atom is -0.393 e. The van der Waals surface area contributed by atoms with E-state index in [1.807, 2.05) is 0 Å². The number of aromatic nitrogens is 1. The molecule has 1 fully saturated rings.